The average Bonchev–Trinajstić information content (AvgIpc) is 3.33. The van der Waals surface area contributed by atoms with Crippen molar-refractivity contribution >= 4 is 5.78 Å². The first-order chi connectivity index (χ1) is 13.2. The fraction of sp³-hybridized carbons (Fsp3) is 0.800. The first-order valence-electron chi connectivity index (χ1n) is 11.7. The number of carbonyl (C=O) groups excluding carboxylic acids is 1. The minimum Gasteiger partial charge on any atom is -0.366 e. The average molecular weight is 367 g/mol. The van der Waals surface area contributed by atoms with Gasteiger partial charge in [0.2, 0.25) is 0 Å². The number of Topliss-reactive ketones (excluding diaryl/α,β-unsaturated/α-hetero) is 1. The van der Waals surface area contributed by atoms with E-state index < -0.39 is 0 Å². The van der Waals surface area contributed by atoms with Crippen LogP contribution < -0.4 is 0 Å². The first-order valence-corrected chi connectivity index (χ1v) is 11.7. The Morgan fingerprint density at radius 1 is 1.15 bits per heavy atom. The second-order valence-corrected chi connectivity index (χ2v) is 10.5. The second kappa shape index (κ2) is 5.81. The highest BCUT2D eigenvalue weighted by molar-refractivity contribution is 5.82. The van der Waals surface area contributed by atoms with Crippen molar-refractivity contribution < 1.29 is 9.53 Å². The number of hydrogen-bond donors (Lipinski definition) is 0. The Bertz CT molecular complexity index is 729. The number of carbonyl (C=O) groups is 1. The van der Waals surface area contributed by atoms with Crippen LogP contribution in [0.4, 0.5) is 0 Å². The fourth-order valence-electron chi connectivity index (χ4n) is 8.71. The van der Waals surface area contributed by atoms with Gasteiger partial charge in [0.05, 0.1) is 12.2 Å². The molecule has 5 aliphatic carbocycles. The lowest BCUT2D eigenvalue weighted by atomic mass is 9.48. The summed E-state index contributed by atoms with van der Waals surface area (Å²) in [4.78, 5) is 12.2. The maximum atomic E-state index is 12.2. The summed E-state index contributed by atoms with van der Waals surface area (Å²) in [5.74, 6) is 4.81. The van der Waals surface area contributed by atoms with Gasteiger partial charge in [-0.1, -0.05) is 30.2 Å². The molecule has 27 heavy (non-hydrogen) atoms. The predicted octanol–water partition coefficient (Wildman–Crippen LogP) is 5.62. The normalized spacial score (nSPS) is 48.7. The SMILES string of the molecule is CC[C@]12CCC3C4=C(CC(=O)CC4)CC(C4CC4)C3C1CC[C@@]21C=CCO1. The molecule has 0 aromatic carbocycles. The van der Waals surface area contributed by atoms with E-state index in [1.54, 1.807) is 11.1 Å². The van der Waals surface area contributed by atoms with Crippen LogP contribution in [0.1, 0.15) is 77.6 Å². The van der Waals surface area contributed by atoms with E-state index in [1.807, 2.05) is 0 Å². The van der Waals surface area contributed by atoms with E-state index >= 15 is 0 Å². The van der Waals surface area contributed by atoms with Gasteiger partial charge in [0.25, 0.3) is 0 Å². The lowest BCUT2D eigenvalue weighted by Crippen LogP contribution is -2.54. The molecule has 4 unspecified atom stereocenters. The van der Waals surface area contributed by atoms with Crippen molar-refractivity contribution in [1.29, 1.82) is 0 Å². The molecule has 1 aliphatic heterocycles. The van der Waals surface area contributed by atoms with Crippen LogP contribution in [0.5, 0.6) is 0 Å². The summed E-state index contributed by atoms with van der Waals surface area (Å²) in [5, 5.41) is 0. The standard InChI is InChI=1S/C25H34O2/c1-2-24-11-8-20-19-7-6-18(26)14-17(19)15-21(16-4-5-16)23(20)22(24)9-12-25(24)10-3-13-27-25/h3,10,16,20-23H,2,4-9,11-15H2,1H3/t20?,21?,22?,23?,24-,25-/m0/s1. The molecule has 0 radical (unpaired) electrons. The highest BCUT2D eigenvalue weighted by Gasteiger charge is 2.66. The molecule has 3 saturated carbocycles. The number of ether oxygens (including phenoxy) is 1. The lowest BCUT2D eigenvalue weighted by molar-refractivity contribution is -0.124. The van der Waals surface area contributed by atoms with Crippen LogP contribution in [0.2, 0.25) is 0 Å². The van der Waals surface area contributed by atoms with Crippen LogP contribution in [0.25, 0.3) is 0 Å². The van der Waals surface area contributed by atoms with Crippen molar-refractivity contribution in [2.75, 3.05) is 6.61 Å². The smallest absolute Gasteiger partial charge is 0.137 e. The summed E-state index contributed by atoms with van der Waals surface area (Å²) in [6.07, 6.45) is 18.2. The molecule has 3 fully saturated rings. The summed E-state index contributed by atoms with van der Waals surface area (Å²) in [6.45, 7) is 3.26. The third kappa shape index (κ3) is 2.20. The Hall–Kier alpha value is -0.890. The third-order valence-corrected chi connectivity index (χ3v) is 9.85. The zero-order valence-corrected chi connectivity index (χ0v) is 16.8. The quantitative estimate of drug-likeness (QED) is 0.593. The summed E-state index contributed by atoms with van der Waals surface area (Å²) < 4.78 is 6.51. The summed E-state index contributed by atoms with van der Waals surface area (Å²) >= 11 is 0. The van der Waals surface area contributed by atoms with Gasteiger partial charge in [-0.2, -0.15) is 0 Å². The van der Waals surface area contributed by atoms with Gasteiger partial charge in [-0.15, -0.1) is 0 Å². The molecule has 0 N–H and O–H groups in total. The zero-order chi connectivity index (χ0) is 18.2. The number of allylic oxidation sites excluding steroid dienone is 2. The monoisotopic (exact) mass is 366 g/mol. The van der Waals surface area contributed by atoms with Crippen molar-refractivity contribution in [3.05, 3.63) is 23.3 Å². The molecule has 1 heterocycles. The molecule has 6 rings (SSSR count). The Labute approximate surface area is 163 Å². The number of fused-ring (bicyclic) bond motifs is 5. The summed E-state index contributed by atoms with van der Waals surface area (Å²) in [5.41, 5.74) is 3.77. The van der Waals surface area contributed by atoms with Crippen molar-refractivity contribution in [3.63, 3.8) is 0 Å². The predicted molar refractivity (Wildman–Crippen MR) is 106 cm³/mol. The van der Waals surface area contributed by atoms with E-state index in [1.165, 1.54) is 51.4 Å². The molecule has 0 bridgehead atoms. The molecule has 2 nitrogen and oxygen atoms in total. The van der Waals surface area contributed by atoms with Gasteiger partial charge in [0.1, 0.15) is 5.78 Å². The van der Waals surface area contributed by atoms with E-state index in [2.05, 4.69) is 19.1 Å². The fourth-order valence-corrected chi connectivity index (χ4v) is 8.71. The van der Waals surface area contributed by atoms with Gasteiger partial charge in [0.15, 0.2) is 0 Å². The molecule has 6 aliphatic rings. The summed E-state index contributed by atoms with van der Waals surface area (Å²) in [6, 6.07) is 0. The Kier molecular flexibility index (Phi) is 3.66. The van der Waals surface area contributed by atoms with Crippen molar-refractivity contribution in [2.24, 2.45) is 35.0 Å². The maximum absolute atomic E-state index is 12.2. The molecule has 0 aromatic rings. The van der Waals surface area contributed by atoms with Gasteiger partial charge < -0.3 is 4.74 Å². The number of rotatable bonds is 2. The minimum absolute atomic E-state index is 0.0443. The molecule has 6 atom stereocenters. The third-order valence-electron chi connectivity index (χ3n) is 9.85. The van der Waals surface area contributed by atoms with Crippen molar-refractivity contribution in [2.45, 2.75) is 83.2 Å². The molecule has 2 heteroatoms. The van der Waals surface area contributed by atoms with E-state index in [-0.39, 0.29) is 5.60 Å². The van der Waals surface area contributed by atoms with Crippen LogP contribution in [-0.2, 0) is 9.53 Å². The van der Waals surface area contributed by atoms with Crippen LogP contribution in [0, 0.1) is 35.0 Å². The maximum Gasteiger partial charge on any atom is 0.137 e. The van der Waals surface area contributed by atoms with Crippen LogP contribution in [0.3, 0.4) is 0 Å². The highest BCUT2D eigenvalue weighted by Crippen LogP contribution is 2.70. The topological polar surface area (TPSA) is 26.3 Å². The Morgan fingerprint density at radius 2 is 2.04 bits per heavy atom. The van der Waals surface area contributed by atoms with Crippen molar-refractivity contribution in [1.82, 2.24) is 0 Å². The number of hydrogen-bond acceptors (Lipinski definition) is 2. The van der Waals surface area contributed by atoms with Crippen molar-refractivity contribution in [3.8, 4) is 0 Å². The molecular weight excluding hydrogens is 332 g/mol. The molecule has 0 aromatic heterocycles. The summed E-state index contributed by atoms with van der Waals surface area (Å²) in [7, 11) is 0. The molecular formula is C25H34O2. The van der Waals surface area contributed by atoms with Crippen LogP contribution in [0.15, 0.2) is 23.3 Å². The van der Waals surface area contributed by atoms with E-state index in [4.69, 9.17) is 4.74 Å². The van der Waals surface area contributed by atoms with Crippen LogP contribution in [-0.4, -0.2) is 18.0 Å². The zero-order valence-electron chi connectivity index (χ0n) is 16.8. The van der Waals surface area contributed by atoms with Crippen LogP contribution >= 0.6 is 0 Å². The van der Waals surface area contributed by atoms with Gasteiger partial charge >= 0.3 is 0 Å². The second-order valence-electron chi connectivity index (χ2n) is 10.5. The van der Waals surface area contributed by atoms with E-state index in [0.717, 1.165) is 55.5 Å². The lowest BCUT2D eigenvalue weighted by Gasteiger charge is -2.57. The van der Waals surface area contributed by atoms with Gasteiger partial charge in [-0.3, -0.25) is 4.79 Å². The largest absolute Gasteiger partial charge is 0.366 e. The molecule has 1 spiro atoms. The van der Waals surface area contributed by atoms with Gasteiger partial charge in [-0.25, -0.2) is 0 Å². The Morgan fingerprint density at radius 3 is 2.78 bits per heavy atom. The minimum atomic E-state index is 0.0443. The Balaban J connectivity index is 1.43. The van der Waals surface area contributed by atoms with E-state index in [0.29, 0.717) is 11.2 Å². The molecule has 0 saturated heterocycles. The van der Waals surface area contributed by atoms with Gasteiger partial charge in [-0.05, 0) is 87.4 Å². The first kappa shape index (κ1) is 17.0. The molecule has 146 valence electrons. The number of ketones is 1. The highest BCUT2D eigenvalue weighted by atomic mass is 16.5. The van der Waals surface area contributed by atoms with E-state index in [9.17, 15) is 4.79 Å². The van der Waals surface area contributed by atoms with Gasteiger partial charge in [0, 0.05) is 18.3 Å². The molecule has 0 amide bonds.